The first-order valence-corrected chi connectivity index (χ1v) is 25.3. The number of carbonyl (C=O) groups is 1. The van der Waals surface area contributed by atoms with Crippen LogP contribution in [0, 0.1) is 5.41 Å². The van der Waals surface area contributed by atoms with Gasteiger partial charge < -0.3 is 0 Å². The van der Waals surface area contributed by atoms with Gasteiger partial charge in [-0.1, -0.05) is 20.8 Å². The fraction of sp³-hybridized carbons (Fsp3) is 0.106. The summed E-state index contributed by atoms with van der Waals surface area (Å²) in [6.07, 6.45) is 0.580. The van der Waals surface area contributed by atoms with E-state index < -0.39 is 10.8 Å². The van der Waals surface area contributed by atoms with Crippen LogP contribution in [0.4, 0.5) is 0 Å². The number of benzene rings is 18. The van der Waals surface area contributed by atoms with E-state index in [9.17, 15) is 0 Å². The lowest BCUT2D eigenvalue weighted by molar-refractivity contribution is -0.127. The van der Waals surface area contributed by atoms with E-state index in [1.807, 2.05) is 0 Å². The third-order valence-corrected chi connectivity index (χ3v) is 24.6. The van der Waals surface area contributed by atoms with Gasteiger partial charge in [-0.15, -0.1) is 0 Å². The summed E-state index contributed by atoms with van der Waals surface area (Å²) in [5.74, 6) is 0.564. The van der Waals surface area contributed by atoms with Crippen molar-refractivity contribution in [3.8, 4) is 0 Å². The molecule has 67 heavy (non-hydrogen) atoms. The Balaban J connectivity index is 1.23. The highest BCUT2D eigenvalue weighted by atomic mass is 16.1. The van der Waals surface area contributed by atoms with Gasteiger partial charge in [-0.05, 0) is 313 Å². The van der Waals surface area contributed by atoms with E-state index in [0.717, 1.165) is 0 Å². The SMILES string of the molecule is CC(C)(C)C(=O)CC12c3c4c5c6c7c8c(c9c%10c1c1c3c3c%11c4c4c5c5c7c7c%12c8c8c9c9c%10c%10c1c1c3c3c%11c%11c4c4c5c7c5c7c%12c8c8c9c9c%10c1c1c3c3c%11c4c5c4c7c8c9c1c34)C62. The summed E-state index contributed by atoms with van der Waals surface area (Å²) in [6.45, 7) is 6.66. The maximum atomic E-state index is 15.8. The molecule has 1 nitrogen and oxygen atoms in total. The van der Waals surface area contributed by atoms with Crippen LogP contribution in [-0.4, -0.2) is 5.78 Å². The second-order valence-corrected chi connectivity index (χ2v) is 26.1. The van der Waals surface area contributed by atoms with Crippen LogP contribution in [0.5, 0.6) is 0 Å². The summed E-state index contributed by atoms with van der Waals surface area (Å²) < 4.78 is 0. The molecule has 28 aromatic carbocycles. The summed E-state index contributed by atoms with van der Waals surface area (Å²) in [7, 11) is 0. The van der Waals surface area contributed by atoms with Crippen molar-refractivity contribution >= 4 is 297 Å². The van der Waals surface area contributed by atoms with Crippen LogP contribution in [0.3, 0.4) is 0 Å². The molecule has 32 rings (SSSR count). The molecule has 0 atom stereocenters. The van der Waals surface area contributed by atoms with Gasteiger partial charge in [0, 0.05) is 23.2 Å². The number of hydrogen-bond acceptors (Lipinski definition) is 1. The lowest BCUT2D eigenvalue weighted by Crippen LogP contribution is -2.41. The van der Waals surface area contributed by atoms with Crippen LogP contribution in [0.25, 0.3) is 291 Å². The van der Waals surface area contributed by atoms with E-state index in [4.69, 9.17) is 0 Å². The van der Waals surface area contributed by atoms with Crippen molar-refractivity contribution in [2.24, 2.45) is 5.41 Å². The van der Waals surface area contributed by atoms with Crippen molar-refractivity contribution in [3.05, 3.63) is 22.3 Å². The molecule has 0 bridgehead atoms. The normalized spacial score (nSPS) is 21.4. The van der Waals surface area contributed by atoms with Crippen LogP contribution in [0.2, 0.25) is 0 Å². The smallest absolute Gasteiger partial charge is 0.139 e. The minimum atomic E-state index is -0.463. The number of ketones is 1. The second-order valence-electron chi connectivity index (χ2n) is 26.1. The molecule has 4 aliphatic rings. The predicted molar refractivity (Wildman–Crippen MR) is 284 cm³/mol. The first-order valence-electron chi connectivity index (χ1n) is 25.3. The molecular formula is C66H12O. The standard InChI is InChI=1S/C66H12O/c1-65(2,3)5(67)4-66-62-58-52-38-30-22-10-7-6-8-11(10)23-25-21-15(8)17-13-9(6)12-16-14(7)20-24(22)36(38)44-42-28(20)26(16)34-32-18(12)19(13)33-35-27(17)29(21)43-45-37(25)39(31(23)30)53(52)59(62)55(45)57-49(43)47(35)51-41(33)40(32)50-46(34)48(42)56(54(44)58)63(66)60(50)61(51)64(57)66/h62H,4H2,1-3H3. The third kappa shape index (κ3) is 1.34. The highest BCUT2D eigenvalue weighted by Crippen LogP contribution is 2.84. The first-order chi connectivity index (χ1) is 33.0. The average molecular weight is 821 g/mol. The van der Waals surface area contributed by atoms with Gasteiger partial charge in [0.25, 0.3) is 0 Å². The molecular weight excluding hydrogens is 809 g/mol. The summed E-state index contributed by atoms with van der Waals surface area (Å²) in [4.78, 5) is 15.8. The van der Waals surface area contributed by atoms with E-state index in [1.54, 1.807) is 313 Å². The summed E-state index contributed by atoms with van der Waals surface area (Å²) in [5, 5.41) is 87.5. The Bertz CT molecular complexity index is 6860. The molecule has 0 saturated heterocycles. The maximum absolute atomic E-state index is 15.8. The number of carbonyl (C=O) groups excluding carboxylic acids is 1. The van der Waals surface area contributed by atoms with Gasteiger partial charge in [-0.3, -0.25) is 4.79 Å². The quantitative estimate of drug-likeness (QED) is 0.159. The zero-order valence-corrected chi connectivity index (χ0v) is 35.2. The van der Waals surface area contributed by atoms with Gasteiger partial charge in [-0.25, -0.2) is 0 Å². The largest absolute Gasteiger partial charge is 0.299 e. The summed E-state index contributed by atoms with van der Waals surface area (Å²) in [6, 6.07) is 0. The third-order valence-electron chi connectivity index (χ3n) is 24.6. The molecule has 0 fully saturated rings. The van der Waals surface area contributed by atoms with E-state index in [-0.39, 0.29) is 5.92 Å². The molecule has 0 amide bonds. The van der Waals surface area contributed by atoms with Crippen LogP contribution in [0.1, 0.15) is 55.4 Å². The molecule has 4 aliphatic carbocycles. The minimum Gasteiger partial charge on any atom is -0.299 e. The van der Waals surface area contributed by atoms with E-state index in [2.05, 4.69) is 20.8 Å². The van der Waals surface area contributed by atoms with Gasteiger partial charge in [0.15, 0.2) is 0 Å². The molecule has 0 heterocycles. The number of Topliss-reactive ketones (excluding diaryl/α,β-unsaturated/α-hetero) is 1. The molecule has 0 unspecified atom stereocenters. The monoisotopic (exact) mass is 820 g/mol. The molecule has 1 heteroatoms. The van der Waals surface area contributed by atoms with Crippen molar-refractivity contribution in [3.63, 3.8) is 0 Å². The van der Waals surface area contributed by atoms with Crippen LogP contribution < -0.4 is 0 Å². The molecule has 0 aromatic heterocycles. The topological polar surface area (TPSA) is 17.1 Å². The fourth-order valence-corrected chi connectivity index (χ4v) is 24.1. The lowest BCUT2D eigenvalue weighted by Gasteiger charge is -2.46. The highest BCUT2D eigenvalue weighted by Gasteiger charge is 2.63. The molecule has 0 aliphatic heterocycles. The van der Waals surface area contributed by atoms with Crippen LogP contribution in [-0.2, 0) is 10.2 Å². The summed E-state index contributed by atoms with van der Waals surface area (Å²) in [5.41, 5.74) is 5.59. The molecule has 0 N–H and O–H groups in total. The van der Waals surface area contributed by atoms with Crippen LogP contribution in [0.15, 0.2) is 0 Å². The van der Waals surface area contributed by atoms with Crippen molar-refractivity contribution in [1.82, 2.24) is 0 Å². The van der Waals surface area contributed by atoms with Gasteiger partial charge in [0.05, 0.1) is 0 Å². The van der Waals surface area contributed by atoms with Gasteiger partial charge >= 0.3 is 0 Å². The van der Waals surface area contributed by atoms with Gasteiger partial charge in [0.1, 0.15) is 5.78 Å². The minimum absolute atomic E-state index is 0.129. The summed E-state index contributed by atoms with van der Waals surface area (Å²) >= 11 is 0. The lowest BCUT2D eigenvalue weighted by atomic mass is 9.55. The van der Waals surface area contributed by atoms with E-state index >= 15 is 4.79 Å². The Hall–Kier alpha value is -7.87. The van der Waals surface area contributed by atoms with E-state index in [0.29, 0.717) is 12.2 Å². The van der Waals surface area contributed by atoms with Crippen molar-refractivity contribution in [2.75, 3.05) is 0 Å². The number of rotatable bonds is 2. The Labute approximate surface area is 365 Å². The predicted octanol–water partition coefficient (Wildman–Crippen LogP) is 18.1. The highest BCUT2D eigenvalue weighted by molar-refractivity contribution is 6.82. The second kappa shape index (κ2) is 5.54. The molecule has 0 spiro atoms. The maximum Gasteiger partial charge on any atom is 0.139 e. The molecule has 28 aromatic rings. The van der Waals surface area contributed by atoms with Crippen molar-refractivity contribution in [2.45, 2.75) is 38.5 Å². The zero-order valence-electron chi connectivity index (χ0n) is 35.2. The number of hydrogen-bond donors (Lipinski definition) is 0. The van der Waals surface area contributed by atoms with Crippen molar-refractivity contribution < 1.29 is 4.79 Å². The van der Waals surface area contributed by atoms with Crippen molar-refractivity contribution in [1.29, 1.82) is 0 Å². The Morgan fingerprint density at radius 2 is 0.418 bits per heavy atom. The zero-order chi connectivity index (χ0) is 40.3. The van der Waals surface area contributed by atoms with Crippen LogP contribution >= 0.6 is 0 Å². The molecule has 282 valence electrons. The molecule has 0 saturated carbocycles. The Morgan fingerprint density at radius 3 is 0.612 bits per heavy atom. The van der Waals surface area contributed by atoms with Gasteiger partial charge in [-0.2, -0.15) is 0 Å². The Kier molecular flexibility index (Phi) is 2.08. The van der Waals surface area contributed by atoms with Gasteiger partial charge in [0.2, 0.25) is 0 Å². The Morgan fingerprint density at radius 1 is 0.269 bits per heavy atom. The fourth-order valence-electron chi connectivity index (χ4n) is 24.1. The first kappa shape index (κ1) is 25.2. The van der Waals surface area contributed by atoms with E-state index in [1.165, 1.54) is 0 Å². The average Bonchev–Trinajstić information content (AvgIpc) is 4.17. The molecule has 0 radical (unpaired) electrons.